The molecule has 10 atom stereocenters. The average Bonchev–Trinajstić information content (AvgIpc) is 3.30. The monoisotopic (exact) mass is 611 g/mol. The number of allylic oxidation sites excluding steroid dienone is 1. The van der Waals surface area contributed by atoms with Crippen LogP contribution in [0.1, 0.15) is 132 Å². The Morgan fingerprint density at radius 3 is 2.16 bits per heavy atom. The highest BCUT2D eigenvalue weighted by molar-refractivity contribution is 5.79. The molecule has 0 aromatic heterocycles. The van der Waals surface area contributed by atoms with Gasteiger partial charge in [-0.1, -0.05) is 60.6 Å². The van der Waals surface area contributed by atoms with Gasteiger partial charge in [-0.05, 0) is 128 Å². The van der Waals surface area contributed by atoms with E-state index in [2.05, 4.69) is 53.4 Å². The summed E-state index contributed by atoms with van der Waals surface area (Å²) in [6.07, 6.45) is 11.0. The van der Waals surface area contributed by atoms with Crippen molar-refractivity contribution in [1.29, 1.82) is 0 Å². The number of carbonyl (C=O) groups is 3. The maximum absolute atomic E-state index is 13.5. The maximum Gasteiger partial charge on any atom is 0.312 e. The van der Waals surface area contributed by atoms with E-state index in [0.29, 0.717) is 29.6 Å². The summed E-state index contributed by atoms with van der Waals surface area (Å²) in [5.41, 5.74) is 0.799. The number of fused-ring (bicyclic) bond motifs is 7. The van der Waals surface area contributed by atoms with Gasteiger partial charge in [-0.25, -0.2) is 0 Å². The third-order valence-corrected chi connectivity index (χ3v) is 15.3. The van der Waals surface area contributed by atoms with Crippen molar-refractivity contribution in [3.63, 3.8) is 0 Å². The van der Waals surface area contributed by atoms with Gasteiger partial charge in [-0.3, -0.25) is 14.4 Å². The fourth-order valence-corrected chi connectivity index (χ4v) is 13.1. The molecule has 0 unspecified atom stereocenters. The van der Waals surface area contributed by atoms with Crippen LogP contribution in [0.3, 0.4) is 0 Å². The summed E-state index contributed by atoms with van der Waals surface area (Å²) in [6.45, 7) is 22.9. The Bertz CT molecular complexity index is 1210. The number of carbonyl (C=O) groups excluding carboxylic acids is 2. The molecule has 5 rings (SSSR count). The Kier molecular flexibility index (Phi) is 8.27. The molecule has 5 fully saturated rings. The molecule has 0 spiro atoms. The van der Waals surface area contributed by atoms with Gasteiger partial charge in [0.15, 0.2) is 0 Å². The lowest BCUT2D eigenvalue weighted by Gasteiger charge is -2.73. The minimum atomic E-state index is -0.859. The smallest absolute Gasteiger partial charge is 0.312 e. The van der Waals surface area contributed by atoms with Crippen molar-refractivity contribution in [2.75, 3.05) is 7.11 Å². The number of esters is 1. The van der Waals surface area contributed by atoms with Gasteiger partial charge in [-0.15, -0.1) is 0 Å². The number of hydrogen-bond acceptors (Lipinski definition) is 4. The Hall–Kier alpha value is -1.85. The van der Waals surface area contributed by atoms with E-state index in [1.54, 1.807) is 7.11 Å². The van der Waals surface area contributed by atoms with E-state index in [9.17, 15) is 19.5 Å². The van der Waals surface area contributed by atoms with Crippen molar-refractivity contribution in [2.24, 2.45) is 62.1 Å². The summed E-state index contributed by atoms with van der Waals surface area (Å²) in [6, 6.07) is 0.0927. The van der Waals surface area contributed by atoms with Crippen LogP contribution in [0.5, 0.6) is 0 Å². The molecule has 0 aliphatic heterocycles. The van der Waals surface area contributed by atoms with E-state index < -0.39 is 11.4 Å². The first-order valence-electron chi connectivity index (χ1n) is 17.5. The van der Waals surface area contributed by atoms with E-state index in [1.807, 2.05) is 13.8 Å². The van der Waals surface area contributed by atoms with Crippen LogP contribution in [-0.4, -0.2) is 36.1 Å². The van der Waals surface area contributed by atoms with Gasteiger partial charge in [-0.2, -0.15) is 0 Å². The number of hydrogen-bond donors (Lipinski definition) is 2. The predicted molar refractivity (Wildman–Crippen MR) is 174 cm³/mol. The zero-order chi connectivity index (χ0) is 32.7. The SMILES string of the molecule is C=C(C)[C@@H]1CC[C@]2(C(=O)OC)CC[C@]3(C)[C@H](CC[C@@H]4[C@@]5(C)CC[C@H](NC(=O)CC(C)(C)CC(=O)O)C(C)(C)[C@@H]5CC[C@]43C)[C@@H]12. The Balaban J connectivity index is 1.40. The highest BCUT2D eigenvalue weighted by atomic mass is 16.5. The topological polar surface area (TPSA) is 92.7 Å². The van der Waals surface area contributed by atoms with Crippen molar-refractivity contribution >= 4 is 17.8 Å². The van der Waals surface area contributed by atoms with Crippen LogP contribution in [0.15, 0.2) is 12.2 Å². The molecular weight excluding hydrogens is 550 g/mol. The normalized spacial score (nSPS) is 44.3. The van der Waals surface area contributed by atoms with Gasteiger partial charge >= 0.3 is 11.9 Å². The average molecular weight is 612 g/mol. The number of carboxylic acid groups (broad SMARTS) is 1. The van der Waals surface area contributed by atoms with Crippen molar-refractivity contribution in [2.45, 2.75) is 138 Å². The summed E-state index contributed by atoms with van der Waals surface area (Å²) in [4.78, 5) is 38.1. The molecule has 6 nitrogen and oxygen atoms in total. The summed E-state index contributed by atoms with van der Waals surface area (Å²) in [7, 11) is 1.58. The molecule has 2 N–H and O–H groups in total. The molecule has 0 bridgehead atoms. The number of carboxylic acids is 1. The first-order valence-corrected chi connectivity index (χ1v) is 17.5. The molecule has 5 saturated carbocycles. The van der Waals surface area contributed by atoms with E-state index in [-0.39, 0.29) is 57.8 Å². The molecule has 5 aliphatic rings. The number of aliphatic carboxylic acids is 1. The first-order chi connectivity index (χ1) is 20.3. The van der Waals surface area contributed by atoms with Crippen LogP contribution in [0, 0.1) is 62.1 Å². The van der Waals surface area contributed by atoms with Gasteiger partial charge in [0, 0.05) is 12.5 Å². The lowest BCUT2D eigenvalue weighted by molar-refractivity contribution is -0.240. The summed E-state index contributed by atoms with van der Waals surface area (Å²) >= 11 is 0. The predicted octanol–water partition coefficient (Wildman–Crippen LogP) is 8.19. The number of methoxy groups -OCH3 is 1. The second-order valence-corrected chi connectivity index (χ2v) is 18.2. The molecule has 5 aliphatic carbocycles. The van der Waals surface area contributed by atoms with Gasteiger partial charge < -0.3 is 15.2 Å². The minimum Gasteiger partial charge on any atom is -0.481 e. The van der Waals surface area contributed by atoms with Gasteiger partial charge in [0.25, 0.3) is 0 Å². The van der Waals surface area contributed by atoms with E-state index >= 15 is 0 Å². The molecule has 0 heterocycles. The lowest BCUT2D eigenvalue weighted by Crippen LogP contribution is -2.68. The zero-order valence-corrected chi connectivity index (χ0v) is 29.2. The first kappa shape index (κ1) is 33.5. The summed E-state index contributed by atoms with van der Waals surface area (Å²) in [5, 5.41) is 12.7. The Morgan fingerprint density at radius 1 is 0.864 bits per heavy atom. The molecule has 0 radical (unpaired) electrons. The zero-order valence-electron chi connectivity index (χ0n) is 29.2. The van der Waals surface area contributed by atoms with Crippen molar-refractivity contribution in [1.82, 2.24) is 5.32 Å². The second-order valence-electron chi connectivity index (χ2n) is 18.2. The largest absolute Gasteiger partial charge is 0.481 e. The van der Waals surface area contributed by atoms with Crippen LogP contribution >= 0.6 is 0 Å². The highest BCUT2D eigenvalue weighted by Crippen LogP contribution is 2.77. The van der Waals surface area contributed by atoms with Gasteiger partial charge in [0.2, 0.25) is 5.91 Å². The number of ether oxygens (including phenoxy) is 1. The third kappa shape index (κ3) is 4.81. The molecule has 1 amide bonds. The molecule has 0 aromatic carbocycles. The third-order valence-electron chi connectivity index (χ3n) is 15.3. The second kappa shape index (κ2) is 10.9. The van der Waals surface area contributed by atoms with Crippen LogP contribution in [0.2, 0.25) is 0 Å². The van der Waals surface area contributed by atoms with Crippen LogP contribution < -0.4 is 5.32 Å². The molecule has 44 heavy (non-hydrogen) atoms. The van der Waals surface area contributed by atoms with Crippen LogP contribution in [-0.2, 0) is 19.1 Å². The fourth-order valence-electron chi connectivity index (χ4n) is 13.1. The standard InChI is InChI=1S/C38H61NO5/c1-23(2)24-13-18-38(32(43)44-10)20-19-36(8)25(31(24)38)11-12-27-35(7)16-15-28(34(5,6)26(35)14-17-37(27,36)9)39-29(40)21-33(3,4)22-30(41)42/h24-28,31H,1,11-22H2,2-10H3,(H,39,40)(H,41,42)/t24-,25+,26-,27+,28-,31+,35-,36+,37+,38-/m0/s1. The summed E-state index contributed by atoms with van der Waals surface area (Å²) < 4.78 is 5.53. The van der Waals surface area contributed by atoms with Gasteiger partial charge in [0.05, 0.1) is 18.9 Å². The molecule has 248 valence electrons. The van der Waals surface area contributed by atoms with Crippen molar-refractivity contribution < 1.29 is 24.2 Å². The van der Waals surface area contributed by atoms with Crippen molar-refractivity contribution in [3.05, 3.63) is 12.2 Å². The van der Waals surface area contributed by atoms with E-state index in [0.717, 1.165) is 44.9 Å². The number of amides is 1. The fraction of sp³-hybridized carbons (Fsp3) is 0.868. The molecule has 0 aromatic rings. The minimum absolute atomic E-state index is 0.01000. The highest BCUT2D eigenvalue weighted by Gasteiger charge is 2.72. The van der Waals surface area contributed by atoms with Crippen LogP contribution in [0.4, 0.5) is 0 Å². The van der Waals surface area contributed by atoms with Gasteiger partial charge in [0.1, 0.15) is 0 Å². The Morgan fingerprint density at radius 2 is 1.55 bits per heavy atom. The number of nitrogens with one attached hydrogen (secondary N) is 1. The maximum atomic E-state index is 13.5. The quantitative estimate of drug-likeness (QED) is 0.224. The van der Waals surface area contributed by atoms with E-state index in [1.165, 1.54) is 24.8 Å². The Labute approximate surface area is 266 Å². The molecule has 0 saturated heterocycles. The van der Waals surface area contributed by atoms with Crippen molar-refractivity contribution in [3.8, 4) is 0 Å². The molecule has 6 heteroatoms. The summed E-state index contributed by atoms with van der Waals surface area (Å²) in [5.74, 6) is 1.46. The molecular formula is C38H61NO5. The number of rotatable bonds is 7. The lowest BCUT2D eigenvalue weighted by atomic mass is 9.32. The van der Waals surface area contributed by atoms with Crippen LogP contribution in [0.25, 0.3) is 0 Å². The van der Waals surface area contributed by atoms with E-state index in [4.69, 9.17) is 4.74 Å².